The molecule has 0 N–H and O–H groups in total. The Kier molecular flexibility index (Phi) is 4.34. The molecule has 5 heteroatoms. The summed E-state index contributed by atoms with van der Waals surface area (Å²) in [4.78, 5) is 6.57. The number of halogens is 2. The van der Waals surface area contributed by atoms with Gasteiger partial charge in [-0.15, -0.1) is 0 Å². The lowest BCUT2D eigenvalue weighted by molar-refractivity contribution is 0.0941. The molecule has 2 heterocycles. The minimum absolute atomic E-state index is 0.165. The molecule has 1 saturated heterocycles. The summed E-state index contributed by atoms with van der Waals surface area (Å²) in [5.74, 6) is 0. The van der Waals surface area contributed by atoms with Crippen LogP contribution >= 0.6 is 23.2 Å². The van der Waals surface area contributed by atoms with Gasteiger partial charge >= 0.3 is 0 Å². The summed E-state index contributed by atoms with van der Waals surface area (Å²) in [6.07, 6.45) is 1.84. The molecule has 0 radical (unpaired) electrons. The van der Waals surface area contributed by atoms with Crippen LogP contribution in [-0.4, -0.2) is 24.7 Å². The molecule has 1 aliphatic rings. The predicted molar refractivity (Wildman–Crippen MR) is 86.3 cm³/mol. The van der Waals surface area contributed by atoms with Crippen molar-refractivity contribution < 1.29 is 4.74 Å². The van der Waals surface area contributed by atoms with Crippen molar-refractivity contribution in [3.8, 4) is 0 Å². The monoisotopic (exact) mass is 322 g/mol. The highest BCUT2D eigenvalue weighted by Crippen LogP contribution is 2.33. The molecule has 3 rings (SSSR count). The van der Waals surface area contributed by atoms with E-state index in [2.05, 4.69) is 16.0 Å². The van der Waals surface area contributed by atoms with Crippen LogP contribution < -0.4 is 4.90 Å². The SMILES string of the molecule is Cc1cc([C@H]2COCCN2c2ccc(Cl)c(Cl)c2)ccn1. The smallest absolute Gasteiger partial charge is 0.0778 e. The number of aromatic nitrogens is 1. The normalized spacial score (nSPS) is 18.8. The lowest BCUT2D eigenvalue weighted by Gasteiger charge is -2.38. The maximum atomic E-state index is 6.15. The molecule has 1 atom stereocenters. The van der Waals surface area contributed by atoms with Crippen molar-refractivity contribution in [2.24, 2.45) is 0 Å². The van der Waals surface area contributed by atoms with Gasteiger partial charge in [0.1, 0.15) is 0 Å². The highest BCUT2D eigenvalue weighted by atomic mass is 35.5. The fourth-order valence-electron chi connectivity index (χ4n) is 2.63. The van der Waals surface area contributed by atoms with Gasteiger partial charge in [-0.2, -0.15) is 0 Å². The van der Waals surface area contributed by atoms with Crippen LogP contribution in [0.25, 0.3) is 0 Å². The van der Waals surface area contributed by atoms with E-state index in [0.29, 0.717) is 23.3 Å². The Hall–Kier alpha value is -1.29. The molecule has 1 aromatic heterocycles. The van der Waals surface area contributed by atoms with Crippen LogP contribution in [0.15, 0.2) is 36.5 Å². The summed E-state index contributed by atoms with van der Waals surface area (Å²) >= 11 is 12.2. The van der Waals surface area contributed by atoms with Crippen LogP contribution in [0, 0.1) is 6.92 Å². The first kappa shape index (κ1) is 14.6. The van der Waals surface area contributed by atoms with E-state index in [1.165, 1.54) is 5.56 Å². The van der Waals surface area contributed by atoms with Gasteiger partial charge in [-0.05, 0) is 42.8 Å². The minimum atomic E-state index is 0.165. The summed E-state index contributed by atoms with van der Waals surface area (Å²) in [5, 5.41) is 1.15. The van der Waals surface area contributed by atoms with Crippen LogP contribution in [0.3, 0.4) is 0 Å². The molecule has 0 amide bonds. The number of aryl methyl sites for hydroxylation is 1. The van der Waals surface area contributed by atoms with Crippen molar-refractivity contribution in [1.82, 2.24) is 4.98 Å². The molecule has 110 valence electrons. The van der Waals surface area contributed by atoms with Crippen molar-refractivity contribution in [1.29, 1.82) is 0 Å². The van der Waals surface area contributed by atoms with E-state index in [1.54, 1.807) is 0 Å². The van der Waals surface area contributed by atoms with Crippen molar-refractivity contribution in [2.45, 2.75) is 13.0 Å². The molecule has 1 aliphatic heterocycles. The third-order valence-electron chi connectivity index (χ3n) is 3.67. The zero-order valence-electron chi connectivity index (χ0n) is 11.7. The number of benzene rings is 1. The molecule has 1 aromatic carbocycles. The van der Waals surface area contributed by atoms with Crippen LogP contribution in [0.5, 0.6) is 0 Å². The van der Waals surface area contributed by atoms with Gasteiger partial charge in [0.2, 0.25) is 0 Å². The van der Waals surface area contributed by atoms with E-state index in [1.807, 2.05) is 37.4 Å². The highest BCUT2D eigenvalue weighted by molar-refractivity contribution is 6.42. The quantitative estimate of drug-likeness (QED) is 0.825. The molecular weight excluding hydrogens is 307 g/mol. The number of anilines is 1. The first-order chi connectivity index (χ1) is 10.1. The largest absolute Gasteiger partial charge is 0.377 e. The minimum Gasteiger partial charge on any atom is -0.377 e. The average Bonchev–Trinajstić information content (AvgIpc) is 2.50. The molecular formula is C16H16Cl2N2O. The number of morpholine rings is 1. The van der Waals surface area contributed by atoms with Gasteiger partial charge in [-0.1, -0.05) is 23.2 Å². The Morgan fingerprint density at radius 2 is 2.05 bits per heavy atom. The predicted octanol–water partition coefficient (Wildman–Crippen LogP) is 4.27. The standard InChI is InChI=1S/C16H16Cl2N2O/c1-11-8-12(4-5-19-11)16-10-21-7-6-20(16)13-2-3-14(17)15(18)9-13/h2-5,8-9,16H,6-7,10H2,1H3/t16-/m1/s1. The highest BCUT2D eigenvalue weighted by Gasteiger charge is 2.25. The van der Waals surface area contributed by atoms with Crippen molar-refractivity contribution >= 4 is 28.9 Å². The van der Waals surface area contributed by atoms with Crippen molar-refractivity contribution in [3.63, 3.8) is 0 Å². The second-order valence-corrected chi connectivity index (χ2v) is 5.93. The van der Waals surface area contributed by atoms with Crippen LogP contribution in [-0.2, 0) is 4.74 Å². The number of ether oxygens (including phenoxy) is 1. The second-order valence-electron chi connectivity index (χ2n) is 5.11. The second kappa shape index (κ2) is 6.22. The maximum Gasteiger partial charge on any atom is 0.0778 e. The first-order valence-corrected chi connectivity index (χ1v) is 7.63. The zero-order valence-corrected chi connectivity index (χ0v) is 13.2. The van der Waals surface area contributed by atoms with E-state index in [4.69, 9.17) is 27.9 Å². The zero-order chi connectivity index (χ0) is 14.8. The van der Waals surface area contributed by atoms with Gasteiger partial charge in [-0.25, -0.2) is 0 Å². The molecule has 1 fully saturated rings. The Morgan fingerprint density at radius 1 is 1.19 bits per heavy atom. The summed E-state index contributed by atoms with van der Waals surface area (Å²) in [6.45, 7) is 4.19. The molecule has 0 saturated carbocycles. The molecule has 0 unspecified atom stereocenters. The number of pyridine rings is 1. The van der Waals surface area contributed by atoms with Gasteiger partial charge in [0.05, 0.1) is 29.3 Å². The molecule has 0 aliphatic carbocycles. The van der Waals surface area contributed by atoms with E-state index >= 15 is 0 Å². The Bertz CT molecular complexity index is 648. The Labute approximate surface area is 134 Å². The van der Waals surface area contributed by atoms with Gasteiger partial charge in [0, 0.05) is 24.1 Å². The third kappa shape index (κ3) is 3.15. The van der Waals surface area contributed by atoms with E-state index in [-0.39, 0.29) is 6.04 Å². The van der Waals surface area contributed by atoms with Gasteiger partial charge < -0.3 is 9.64 Å². The molecule has 21 heavy (non-hydrogen) atoms. The summed E-state index contributed by atoms with van der Waals surface area (Å²) < 4.78 is 5.66. The Morgan fingerprint density at radius 3 is 2.81 bits per heavy atom. The fourth-order valence-corrected chi connectivity index (χ4v) is 2.92. The van der Waals surface area contributed by atoms with E-state index < -0.39 is 0 Å². The van der Waals surface area contributed by atoms with E-state index in [0.717, 1.165) is 17.9 Å². The molecule has 3 nitrogen and oxygen atoms in total. The third-order valence-corrected chi connectivity index (χ3v) is 4.41. The van der Waals surface area contributed by atoms with Gasteiger partial charge in [-0.3, -0.25) is 4.98 Å². The van der Waals surface area contributed by atoms with Crippen molar-refractivity contribution in [2.75, 3.05) is 24.7 Å². The number of hydrogen-bond acceptors (Lipinski definition) is 3. The fraction of sp³-hybridized carbons (Fsp3) is 0.312. The molecule has 0 bridgehead atoms. The molecule has 2 aromatic rings. The lowest BCUT2D eigenvalue weighted by atomic mass is 10.0. The van der Waals surface area contributed by atoms with Gasteiger partial charge in [0.25, 0.3) is 0 Å². The summed E-state index contributed by atoms with van der Waals surface area (Å²) in [6, 6.07) is 10.1. The van der Waals surface area contributed by atoms with E-state index in [9.17, 15) is 0 Å². The Balaban J connectivity index is 1.96. The van der Waals surface area contributed by atoms with Crippen LogP contribution in [0.1, 0.15) is 17.3 Å². The molecule has 0 spiro atoms. The summed E-state index contributed by atoms with van der Waals surface area (Å²) in [7, 11) is 0. The summed E-state index contributed by atoms with van der Waals surface area (Å²) in [5.41, 5.74) is 3.27. The van der Waals surface area contributed by atoms with Crippen molar-refractivity contribution in [3.05, 3.63) is 57.8 Å². The average molecular weight is 323 g/mol. The lowest BCUT2D eigenvalue weighted by Crippen LogP contribution is -2.39. The number of rotatable bonds is 2. The first-order valence-electron chi connectivity index (χ1n) is 6.87. The van der Waals surface area contributed by atoms with Crippen LogP contribution in [0.4, 0.5) is 5.69 Å². The topological polar surface area (TPSA) is 25.4 Å². The maximum absolute atomic E-state index is 6.15. The van der Waals surface area contributed by atoms with Gasteiger partial charge in [0.15, 0.2) is 0 Å². The number of hydrogen-bond donors (Lipinski definition) is 0. The number of nitrogens with zero attached hydrogens (tertiary/aromatic N) is 2. The van der Waals surface area contributed by atoms with Crippen LogP contribution in [0.2, 0.25) is 10.0 Å².